The molecule has 0 aliphatic heterocycles. The average Bonchev–Trinajstić information content (AvgIpc) is 3.20. The number of hydrogen-bond acceptors (Lipinski definition) is 5. The van der Waals surface area contributed by atoms with E-state index in [4.69, 9.17) is 4.74 Å². The van der Waals surface area contributed by atoms with Crippen LogP contribution in [0.25, 0.3) is 16.9 Å². The monoisotopic (exact) mass is 392 g/mol. The van der Waals surface area contributed by atoms with Crippen molar-refractivity contribution in [2.45, 2.75) is 38.1 Å². The van der Waals surface area contributed by atoms with E-state index in [1.807, 2.05) is 36.4 Å². The molecule has 0 spiro atoms. The van der Waals surface area contributed by atoms with E-state index in [2.05, 4.69) is 22.3 Å². The molecule has 2 aromatic heterocycles. The summed E-state index contributed by atoms with van der Waals surface area (Å²) in [6.45, 7) is 2.16. The standard InChI is InChI=1S/C22H24N4O3/c1-15-8-11-22(12-9-15,21(28)29-2)25-20(27)17-14-24-26-18(10-13-23-19(17)26)16-6-4-3-5-7-16/h3-7,10,13-15H,8-9,11-12H2,1-2H3,(H,25,27). The second kappa shape index (κ2) is 7.66. The number of carbonyl (C=O) groups is 2. The van der Waals surface area contributed by atoms with Crippen molar-refractivity contribution in [2.75, 3.05) is 7.11 Å². The molecule has 0 atom stereocenters. The van der Waals surface area contributed by atoms with Gasteiger partial charge in [-0.3, -0.25) is 4.79 Å². The number of rotatable bonds is 4. The quantitative estimate of drug-likeness (QED) is 0.689. The lowest BCUT2D eigenvalue weighted by Gasteiger charge is -2.37. The summed E-state index contributed by atoms with van der Waals surface area (Å²) in [5.74, 6) is -0.235. The number of nitrogens with zero attached hydrogens (tertiary/aromatic N) is 3. The number of fused-ring (bicyclic) bond motifs is 1. The van der Waals surface area contributed by atoms with Crippen LogP contribution in [0.5, 0.6) is 0 Å². The first-order valence-corrected chi connectivity index (χ1v) is 9.83. The maximum absolute atomic E-state index is 13.1. The number of carbonyl (C=O) groups excluding carboxylic acids is 2. The summed E-state index contributed by atoms with van der Waals surface area (Å²) >= 11 is 0. The Kier molecular flexibility index (Phi) is 5.05. The number of hydrogen-bond donors (Lipinski definition) is 1. The first-order valence-electron chi connectivity index (χ1n) is 9.83. The normalized spacial score (nSPS) is 21.7. The second-order valence-corrected chi connectivity index (χ2v) is 7.70. The van der Waals surface area contributed by atoms with Crippen LogP contribution in [0.3, 0.4) is 0 Å². The van der Waals surface area contributed by atoms with Gasteiger partial charge >= 0.3 is 5.97 Å². The summed E-state index contributed by atoms with van der Waals surface area (Å²) in [6.07, 6.45) is 6.01. The molecule has 1 N–H and O–H groups in total. The molecule has 150 valence electrons. The first-order chi connectivity index (χ1) is 14.0. The first kappa shape index (κ1) is 19.1. The summed E-state index contributed by atoms with van der Waals surface area (Å²) in [4.78, 5) is 30.0. The molecule has 0 bridgehead atoms. The summed E-state index contributed by atoms with van der Waals surface area (Å²) < 4.78 is 6.67. The number of ether oxygens (including phenoxy) is 1. The predicted molar refractivity (Wildman–Crippen MR) is 108 cm³/mol. The van der Waals surface area contributed by atoms with Crippen LogP contribution in [0.15, 0.2) is 48.8 Å². The zero-order chi connectivity index (χ0) is 20.4. The number of amides is 1. The van der Waals surface area contributed by atoms with Crippen molar-refractivity contribution >= 4 is 17.5 Å². The Labute approximate surface area is 169 Å². The van der Waals surface area contributed by atoms with Gasteiger partial charge in [-0.15, -0.1) is 0 Å². The van der Waals surface area contributed by atoms with Gasteiger partial charge < -0.3 is 10.1 Å². The number of nitrogens with one attached hydrogen (secondary N) is 1. The van der Waals surface area contributed by atoms with Gasteiger partial charge in [-0.1, -0.05) is 37.3 Å². The molecule has 1 aliphatic carbocycles. The minimum Gasteiger partial charge on any atom is -0.467 e. The molecule has 1 aromatic carbocycles. The highest BCUT2D eigenvalue weighted by molar-refractivity contribution is 6.02. The van der Waals surface area contributed by atoms with Crippen LogP contribution in [-0.4, -0.2) is 39.1 Å². The molecule has 29 heavy (non-hydrogen) atoms. The van der Waals surface area contributed by atoms with Crippen molar-refractivity contribution in [3.8, 4) is 11.3 Å². The third-order valence-electron chi connectivity index (χ3n) is 5.77. The fraction of sp³-hybridized carbons (Fsp3) is 0.364. The Morgan fingerprint density at radius 3 is 2.59 bits per heavy atom. The number of methoxy groups -OCH3 is 1. The van der Waals surface area contributed by atoms with E-state index < -0.39 is 11.5 Å². The predicted octanol–water partition coefficient (Wildman–Crippen LogP) is 3.25. The molecule has 1 fully saturated rings. The van der Waals surface area contributed by atoms with Gasteiger partial charge in [0.15, 0.2) is 5.65 Å². The van der Waals surface area contributed by atoms with Crippen molar-refractivity contribution in [3.63, 3.8) is 0 Å². The van der Waals surface area contributed by atoms with E-state index in [9.17, 15) is 9.59 Å². The average molecular weight is 392 g/mol. The van der Waals surface area contributed by atoms with E-state index in [0.717, 1.165) is 24.1 Å². The Balaban J connectivity index is 1.68. The SMILES string of the molecule is COC(=O)C1(NC(=O)c2cnn3c(-c4ccccc4)ccnc23)CCC(C)CC1. The zero-order valence-corrected chi connectivity index (χ0v) is 16.6. The van der Waals surface area contributed by atoms with Gasteiger partial charge in [0.1, 0.15) is 11.1 Å². The van der Waals surface area contributed by atoms with E-state index >= 15 is 0 Å². The molecule has 1 amide bonds. The highest BCUT2D eigenvalue weighted by Gasteiger charge is 2.44. The van der Waals surface area contributed by atoms with Crippen LogP contribution in [0, 0.1) is 5.92 Å². The minimum absolute atomic E-state index is 0.338. The van der Waals surface area contributed by atoms with Gasteiger partial charge in [0.25, 0.3) is 5.91 Å². The lowest BCUT2D eigenvalue weighted by molar-refractivity contribution is -0.150. The van der Waals surface area contributed by atoms with Crippen LogP contribution in [-0.2, 0) is 9.53 Å². The molecule has 0 saturated heterocycles. The van der Waals surface area contributed by atoms with E-state index in [1.54, 1.807) is 10.7 Å². The number of aromatic nitrogens is 3. The second-order valence-electron chi connectivity index (χ2n) is 7.70. The summed E-state index contributed by atoms with van der Waals surface area (Å²) in [7, 11) is 1.36. The molecular formula is C22H24N4O3. The Morgan fingerprint density at radius 2 is 1.90 bits per heavy atom. The fourth-order valence-corrected chi connectivity index (χ4v) is 3.99. The number of esters is 1. The molecule has 4 rings (SSSR count). The van der Waals surface area contributed by atoms with Gasteiger partial charge in [-0.2, -0.15) is 5.10 Å². The lowest BCUT2D eigenvalue weighted by atomic mass is 9.77. The van der Waals surface area contributed by atoms with Crippen LogP contribution in [0.1, 0.15) is 43.0 Å². The third kappa shape index (κ3) is 3.48. The van der Waals surface area contributed by atoms with Gasteiger partial charge in [0.05, 0.1) is 19.0 Å². The van der Waals surface area contributed by atoms with Crippen molar-refractivity contribution in [2.24, 2.45) is 5.92 Å². The van der Waals surface area contributed by atoms with Gasteiger partial charge in [0, 0.05) is 11.8 Å². The van der Waals surface area contributed by atoms with E-state index in [-0.39, 0.29) is 5.91 Å². The van der Waals surface area contributed by atoms with E-state index in [0.29, 0.717) is 30.0 Å². The maximum atomic E-state index is 13.1. The molecule has 7 heteroatoms. The molecule has 1 saturated carbocycles. The van der Waals surface area contributed by atoms with E-state index in [1.165, 1.54) is 13.3 Å². The molecule has 0 radical (unpaired) electrons. The van der Waals surface area contributed by atoms with Crippen molar-refractivity contribution in [3.05, 3.63) is 54.4 Å². The molecule has 7 nitrogen and oxygen atoms in total. The minimum atomic E-state index is -0.996. The van der Waals surface area contributed by atoms with Crippen molar-refractivity contribution in [1.82, 2.24) is 19.9 Å². The van der Waals surface area contributed by atoms with Crippen LogP contribution in [0.4, 0.5) is 0 Å². The van der Waals surface area contributed by atoms with Crippen LogP contribution < -0.4 is 5.32 Å². The lowest BCUT2D eigenvalue weighted by Crippen LogP contribution is -2.56. The molecular weight excluding hydrogens is 368 g/mol. The Morgan fingerprint density at radius 1 is 1.17 bits per heavy atom. The molecule has 0 unspecified atom stereocenters. The molecule has 1 aliphatic rings. The number of benzene rings is 1. The Hall–Kier alpha value is -3.22. The summed E-state index contributed by atoms with van der Waals surface area (Å²) in [5.41, 5.74) is 1.60. The van der Waals surface area contributed by atoms with Gasteiger partial charge in [-0.05, 0) is 37.7 Å². The van der Waals surface area contributed by atoms with Crippen molar-refractivity contribution < 1.29 is 14.3 Å². The summed E-state index contributed by atoms with van der Waals surface area (Å²) in [6, 6.07) is 11.7. The van der Waals surface area contributed by atoms with Crippen molar-refractivity contribution in [1.29, 1.82) is 0 Å². The topological polar surface area (TPSA) is 85.6 Å². The highest BCUT2D eigenvalue weighted by Crippen LogP contribution is 2.33. The molecule has 3 aromatic rings. The maximum Gasteiger partial charge on any atom is 0.331 e. The smallest absolute Gasteiger partial charge is 0.331 e. The van der Waals surface area contributed by atoms with Gasteiger partial charge in [0.2, 0.25) is 0 Å². The van der Waals surface area contributed by atoms with Crippen LogP contribution >= 0.6 is 0 Å². The highest BCUT2D eigenvalue weighted by atomic mass is 16.5. The molecule has 2 heterocycles. The summed E-state index contributed by atoms with van der Waals surface area (Å²) in [5, 5.41) is 7.34. The fourth-order valence-electron chi connectivity index (χ4n) is 3.99. The van der Waals surface area contributed by atoms with Crippen LogP contribution in [0.2, 0.25) is 0 Å². The largest absolute Gasteiger partial charge is 0.467 e. The third-order valence-corrected chi connectivity index (χ3v) is 5.77. The Bertz CT molecular complexity index is 1040. The van der Waals surface area contributed by atoms with Gasteiger partial charge in [-0.25, -0.2) is 14.3 Å². The zero-order valence-electron chi connectivity index (χ0n) is 16.6.